The number of Topliss-reactive ketones (excluding diaryl/α,β-unsaturated/α-hetero) is 1. The van der Waals surface area contributed by atoms with Gasteiger partial charge in [0, 0.05) is 23.6 Å². The van der Waals surface area contributed by atoms with Gasteiger partial charge in [-0.1, -0.05) is 99.8 Å². The second-order valence-corrected chi connectivity index (χ2v) is 15.3. The highest BCUT2D eigenvalue weighted by Crippen LogP contribution is 2.37. The molecule has 7 nitrogen and oxygen atoms in total. The number of alkyl halides is 3. The lowest BCUT2D eigenvalue weighted by Crippen LogP contribution is -2.44. The van der Waals surface area contributed by atoms with Crippen molar-refractivity contribution >= 4 is 70.1 Å². The van der Waals surface area contributed by atoms with Crippen molar-refractivity contribution in [2.45, 2.75) is 90.7 Å². The van der Waals surface area contributed by atoms with Gasteiger partial charge in [0.2, 0.25) is 3.79 Å². The van der Waals surface area contributed by atoms with Crippen LogP contribution in [0.3, 0.4) is 0 Å². The Morgan fingerprint density at radius 2 is 1.70 bits per heavy atom. The van der Waals surface area contributed by atoms with E-state index < -0.39 is 52.0 Å². The number of ketones is 1. The Hall–Kier alpha value is -2.13. The van der Waals surface area contributed by atoms with Gasteiger partial charge in [0.1, 0.15) is 24.6 Å². The lowest BCUT2D eigenvalue weighted by molar-refractivity contribution is -0.150. The number of ether oxygens (including phenoxy) is 3. The molecular formula is C33H46Cl3NO6S. The van der Waals surface area contributed by atoms with Crippen LogP contribution in [0.25, 0.3) is 6.08 Å². The monoisotopic (exact) mass is 689 g/mol. The molecule has 0 unspecified atom stereocenters. The fraction of sp³-hybridized carbons (Fsp3) is 0.576. The van der Waals surface area contributed by atoms with Gasteiger partial charge in [-0.25, -0.2) is 9.78 Å². The highest BCUT2D eigenvalue weighted by atomic mass is 35.6. The third-order valence-corrected chi connectivity index (χ3v) is 8.82. The number of aryl methyl sites for hydroxylation is 1. The zero-order valence-corrected chi connectivity index (χ0v) is 30.0. The first-order valence-electron chi connectivity index (χ1n) is 14.5. The van der Waals surface area contributed by atoms with Crippen molar-refractivity contribution in [2.75, 3.05) is 6.61 Å². The molecule has 5 atom stereocenters. The van der Waals surface area contributed by atoms with E-state index in [9.17, 15) is 14.4 Å². The number of hydrogen-bond acceptors (Lipinski definition) is 8. The molecule has 0 aliphatic heterocycles. The van der Waals surface area contributed by atoms with Crippen LogP contribution in [0.5, 0.6) is 0 Å². The fourth-order valence-electron chi connectivity index (χ4n) is 4.56. The van der Waals surface area contributed by atoms with Crippen molar-refractivity contribution in [1.82, 2.24) is 4.98 Å². The minimum Gasteiger partial charge on any atom is -0.457 e. The molecule has 0 aliphatic carbocycles. The van der Waals surface area contributed by atoms with Crippen LogP contribution >= 0.6 is 46.1 Å². The molecule has 1 aromatic heterocycles. The van der Waals surface area contributed by atoms with Gasteiger partial charge in [0.25, 0.3) is 0 Å². The largest absolute Gasteiger partial charge is 0.508 e. The van der Waals surface area contributed by atoms with Crippen LogP contribution in [0.15, 0.2) is 47.9 Å². The van der Waals surface area contributed by atoms with Gasteiger partial charge in [0.15, 0.2) is 0 Å². The molecule has 0 N–H and O–H groups in total. The number of aromatic nitrogens is 1. The van der Waals surface area contributed by atoms with E-state index in [0.29, 0.717) is 12.8 Å². The van der Waals surface area contributed by atoms with Crippen LogP contribution < -0.4 is 0 Å². The summed E-state index contributed by atoms with van der Waals surface area (Å²) in [5, 5.41) is 2.90. The van der Waals surface area contributed by atoms with Crippen molar-refractivity contribution in [3.05, 3.63) is 58.6 Å². The van der Waals surface area contributed by atoms with Crippen LogP contribution in [-0.2, 0) is 23.8 Å². The average Bonchev–Trinajstić information content (AvgIpc) is 3.35. The Morgan fingerprint density at radius 1 is 1.07 bits per heavy atom. The summed E-state index contributed by atoms with van der Waals surface area (Å²) in [5.41, 5.74) is 1.67. The molecule has 11 heteroatoms. The molecule has 246 valence electrons. The smallest absolute Gasteiger partial charge is 0.457 e. The quantitative estimate of drug-likeness (QED) is 0.0696. The number of thiazole rings is 1. The second kappa shape index (κ2) is 18.1. The molecule has 0 amide bonds. The van der Waals surface area contributed by atoms with E-state index in [0.717, 1.165) is 21.8 Å². The maximum atomic E-state index is 13.9. The molecule has 0 bridgehead atoms. The standard InChI is InChI=1S/C33H46Cl3NO6S/c1-11-13-21(4)29(43-31(40)41-19-33(34,35)36)24(7)30(39)32(9,10)23(6)17-28(38)42-27(15-14-20(3)12-2)22(5)16-26-18-44-25(8)37-26/h11-12,14,16,18,21,23-24,27,29H,1-2,13,15,17,19H2,3-10H3/b20-14-,22-16+/t21-,23-,24+,27-,29-/m0/s1. The lowest BCUT2D eigenvalue weighted by atomic mass is 9.69. The van der Waals surface area contributed by atoms with E-state index >= 15 is 0 Å². The van der Waals surface area contributed by atoms with Crippen LogP contribution in [-0.4, -0.2) is 45.5 Å². The average molecular weight is 691 g/mol. The normalized spacial score (nSPS) is 16.2. The zero-order valence-electron chi connectivity index (χ0n) is 27.0. The second-order valence-electron chi connectivity index (χ2n) is 11.8. The summed E-state index contributed by atoms with van der Waals surface area (Å²) in [6, 6.07) is 0. The Kier molecular flexibility index (Phi) is 16.4. The molecule has 1 rings (SSSR count). The summed E-state index contributed by atoms with van der Waals surface area (Å²) >= 11 is 18.6. The summed E-state index contributed by atoms with van der Waals surface area (Å²) in [7, 11) is 0. The Labute approximate surface area is 281 Å². The summed E-state index contributed by atoms with van der Waals surface area (Å²) in [4.78, 5) is 44.0. The number of nitrogens with zero attached hydrogens (tertiary/aromatic N) is 1. The van der Waals surface area contributed by atoms with Gasteiger partial charge in [0.05, 0.1) is 16.6 Å². The van der Waals surface area contributed by atoms with Crippen molar-refractivity contribution in [3.63, 3.8) is 0 Å². The molecule has 0 saturated heterocycles. The minimum atomic E-state index is -1.80. The summed E-state index contributed by atoms with van der Waals surface area (Å²) < 4.78 is 14.7. The first-order valence-corrected chi connectivity index (χ1v) is 16.5. The minimum absolute atomic E-state index is 0.00816. The highest BCUT2D eigenvalue weighted by molar-refractivity contribution is 7.09. The number of esters is 1. The maximum absolute atomic E-state index is 13.9. The molecular weight excluding hydrogens is 645 g/mol. The first-order chi connectivity index (χ1) is 20.3. The maximum Gasteiger partial charge on any atom is 0.508 e. The number of carbonyl (C=O) groups is 3. The number of rotatable bonds is 17. The Balaban J connectivity index is 3.10. The molecule has 0 radical (unpaired) electrons. The van der Waals surface area contributed by atoms with Gasteiger partial charge < -0.3 is 14.2 Å². The highest BCUT2D eigenvalue weighted by Gasteiger charge is 2.43. The van der Waals surface area contributed by atoms with Gasteiger partial charge in [-0.15, -0.1) is 17.9 Å². The Morgan fingerprint density at radius 3 is 2.23 bits per heavy atom. The fourth-order valence-corrected chi connectivity index (χ4v) is 5.29. The molecule has 1 heterocycles. The number of halogens is 3. The van der Waals surface area contributed by atoms with E-state index in [1.807, 2.05) is 52.2 Å². The molecule has 0 spiro atoms. The molecule has 44 heavy (non-hydrogen) atoms. The number of carbonyl (C=O) groups excluding carboxylic acids is 3. The van der Waals surface area contributed by atoms with Crippen LogP contribution in [0.1, 0.15) is 78.4 Å². The van der Waals surface area contributed by atoms with Gasteiger partial charge in [-0.05, 0) is 50.7 Å². The van der Waals surface area contributed by atoms with Crippen LogP contribution in [0.4, 0.5) is 4.79 Å². The van der Waals surface area contributed by atoms with E-state index in [1.165, 1.54) is 0 Å². The molecule has 0 aliphatic rings. The summed E-state index contributed by atoms with van der Waals surface area (Å²) in [6.07, 6.45) is 5.87. The van der Waals surface area contributed by atoms with E-state index in [-0.39, 0.29) is 18.1 Å². The molecule has 0 saturated carbocycles. The zero-order chi connectivity index (χ0) is 33.8. The predicted molar refractivity (Wildman–Crippen MR) is 181 cm³/mol. The molecule has 1 aromatic rings. The lowest BCUT2D eigenvalue weighted by Gasteiger charge is -2.36. The topological polar surface area (TPSA) is 91.8 Å². The SMILES string of the molecule is C=CC[C@H](C)[C@H](OC(=O)OCC(Cl)(Cl)Cl)[C@@H](C)C(=O)C(C)(C)[C@@H](C)CC(=O)O[C@@H](C/C=C(/C)C=C)/C(C)=C/c1csc(C)n1. The van der Waals surface area contributed by atoms with E-state index in [1.54, 1.807) is 44.3 Å². The van der Waals surface area contributed by atoms with Crippen molar-refractivity contribution in [3.8, 4) is 0 Å². The van der Waals surface area contributed by atoms with Crippen LogP contribution in [0, 0.1) is 30.1 Å². The van der Waals surface area contributed by atoms with Gasteiger partial charge >= 0.3 is 12.1 Å². The van der Waals surface area contributed by atoms with Crippen molar-refractivity contribution in [1.29, 1.82) is 0 Å². The van der Waals surface area contributed by atoms with Crippen LogP contribution in [0.2, 0.25) is 0 Å². The third-order valence-electron chi connectivity index (χ3n) is 7.70. The molecule has 0 aromatic carbocycles. The molecule has 0 fully saturated rings. The third kappa shape index (κ3) is 13.5. The van der Waals surface area contributed by atoms with Crippen molar-refractivity contribution in [2.24, 2.45) is 23.2 Å². The number of allylic oxidation sites excluding steroid dienone is 3. The van der Waals surface area contributed by atoms with Gasteiger partial charge in [-0.3, -0.25) is 9.59 Å². The number of hydrogen-bond donors (Lipinski definition) is 0. The summed E-state index contributed by atoms with van der Waals surface area (Å²) in [5.74, 6) is -1.99. The van der Waals surface area contributed by atoms with E-state index in [4.69, 9.17) is 49.0 Å². The predicted octanol–water partition coefficient (Wildman–Crippen LogP) is 9.65. The summed E-state index contributed by atoms with van der Waals surface area (Å²) in [6.45, 7) is 21.8. The van der Waals surface area contributed by atoms with Crippen molar-refractivity contribution < 1.29 is 28.6 Å². The van der Waals surface area contributed by atoms with Gasteiger partial charge in [-0.2, -0.15) is 0 Å². The van der Waals surface area contributed by atoms with E-state index in [2.05, 4.69) is 18.1 Å². The Bertz CT molecular complexity index is 1220. The first kappa shape index (κ1) is 39.9.